The van der Waals surface area contributed by atoms with E-state index >= 15 is 0 Å². The Morgan fingerprint density at radius 2 is 1.70 bits per heavy atom. The summed E-state index contributed by atoms with van der Waals surface area (Å²) < 4.78 is 49.2. The van der Waals surface area contributed by atoms with Crippen molar-refractivity contribution in [1.82, 2.24) is 9.62 Å². The molecule has 1 saturated heterocycles. The standard InChI is InChI=1S/C22H26FN3O6S/c1-22(21(28)24-12-15-5-7-16(23)8-6-15)14-25(33(4,29)30)13-20(27)26(22)17-9-18(31-2)11-19(10-17)32-3/h5-11H,12-14H2,1-4H3,(H,24,28). The van der Waals surface area contributed by atoms with E-state index in [1.54, 1.807) is 18.2 Å². The van der Waals surface area contributed by atoms with Crippen LogP contribution >= 0.6 is 0 Å². The van der Waals surface area contributed by atoms with E-state index in [1.165, 1.54) is 50.3 Å². The maximum atomic E-state index is 13.4. The van der Waals surface area contributed by atoms with E-state index in [9.17, 15) is 22.4 Å². The molecular weight excluding hydrogens is 453 g/mol. The molecule has 1 aliphatic heterocycles. The number of carbonyl (C=O) groups is 2. The van der Waals surface area contributed by atoms with Crippen LogP contribution in [0.15, 0.2) is 42.5 Å². The lowest BCUT2D eigenvalue weighted by molar-refractivity contribution is -0.133. The van der Waals surface area contributed by atoms with Gasteiger partial charge in [0, 0.05) is 31.3 Å². The molecule has 178 valence electrons. The number of nitrogens with zero attached hydrogens (tertiary/aromatic N) is 2. The molecule has 1 aliphatic rings. The number of anilines is 1. The zero-order valence-electron chi connectivity index (χ0n) is 18.8. The number of amides is 2. The van der Waals surface area contributed by atoms with Crippen LogP contribution in [0.25, 0.3) is 0 Å². The summed E-state index contributed by atoms with van der Waals surface area (Å²) in [6.07, 6.45) is 0.987. The zero-order chi connectivity index (χ0) is 24.4. The van der Waals surface area contributed by atoms with Crippen LogP contribution in [-0.2, 0) is 26.2 Å². The van der Waals surface area contributed by atoms with Crippen LogP contribution in [0.4, 0.5) is 10.1 Å². The summed E-state index contributed by atoms with van der Waals surface area (Å²) in [5.74, 6) is -0.762. The molecule has 1 fully saturated rings. The van der Waals surface area contributed by atoms with Crippen LogP contribution < -0.4 is 19.7 Å². The second kappa shape index (κ2) is 9.36. The Morgan fingerprint density at radius 3 is 2.21 bits per heavy atom. The molecule has 9 nitrogen and oxygen atoms in total. The third-order valence-electron chi connectivity index (χ3n) is 5.46. The Labute approximate surface area is 192 Å². The third kappa shape index (κ3) is 5.25. The van der Waals surface area contributed by atoms with E-state index in [2.05, 4.69) is 5.32 Å². The third-order valence-corrected chi connectivity index (χ3v) is 6.65. The Kier molecular flexibility index (Phi) is 6.94. The molecule has 2 amide bonds. The van der Waals surface area contributed by atoms with Crippen LogP contribution in [0.3, 0.4) is 0 Å². The van der Waals surface area contributed by atoms with Crippen molar-refractivity contribution in [3.05, 3.63) is 53.8 Å². The van der Waals surface area contributed by atoms with Crippen molar-refractivity contribution < 1.29 is 31.9 Å². The predicted octanol–water partition coefficient (Wildman–Crippen LogP) is 1.53. The number of hydrogen-bond donors (Lipinski definition) is 1. The molecule has 11 heteroatoms. The van der Waals surface area contributed by atoms with Crippen molar-refractivity contribution in [1.29, 1.82) is 0 Å². The van der Waals surface area contributed by atoms with Crippen LogP contribution in [0.1, 0.15) is 12.5 Å². The van der Waals surface area contributed by atoms with Gasteiger partial charge in [-0.05, 0) is 24.6 Å². The van der Waals surface area contributed by atoms with Gasteiger partial charge in [-0.3, -0.25) is 14.5 Å². The summed E-state index contributed by atoms with van der Waals surface area (Å²) in [4.78, 5) is 27.9. The van der Waals surface area contributed by atoms with Gasteiger partial charge in [0.05, 0.1) is 32.7 Å². The molecule has 0 aromatic heterocycles. The Morgan fingerprint density at radius 1 is 1.12 bits per heavy atom. The van der Waals surface area contributed by atoms with Gasteiger partial charge in [0.25, 0.3) is 0 Å². The van der Waals surface area contributed by atoms with Crippen LogP contribution in [0, 0.1) is 5.82 Å². The number of halogens is 1. The lowest BCUT2D eigenvalue weighted by Crippen LogP contribution is -2.70. The van der Waals surface area contributed by atoms with Crippen molar-refractivity contribution in [2.45, 2.75) is 19.0 Å². The molecule has 1 N–H and O–H groups in total. The molecule has 3 rings (SSSR count). The lowest BCUT2D eigenvalue weighted by Gasteiger charge is -2.46. The Balaban J connectivity index is 2.01. The van der Waals surface area contributed by atoms with Gasteiger partial charge < -0.3 is 14.8 Å². The number of methoxy groups -OCH3 is 2. The molecule has 0 radical (unpaired) electrons. The number of benzene rings is 2. The van der Waals surface area contributed by atoms with E-state index in [4.69, 9.17) is 9.47 Å². The second-order valence-electron chi connectivity index (χ2n) is 7.91. The highest BCUT2D eigenvalue weighted by atomic mass is 32.2. The van der Waals surface area contributed by atoms with Gasteiger partial charge in [-0.15, -0.1) is 0 Å². The van der Waals surface area contributed by atoms with Crippen LogP contribution in [0.2, 0.25) is 0 Å². The smallest absolute Gasteiger partial charge is 0.247 e. The largest absolute Gasteiger partial charge is 0.497 e. The van der Waals surface area contributed by atoms with Gasteiger partial charge in [0.2, 0.25) is 21.8 Å². The first-order valence-corrected chi connectivity index (χ1v) is 11.9. The number of carbonyl (C=O) groups excluding carboxylic acids is 2. The summed E-state index contributed by atoms with van der Waals surface area (Å²) in [6.45, 7) is 0.886. The fraction of sp³-hybridized carbons (Fsp3) is 0.364. The minimum Gasteiger partial charge on any atom is -0.497 e. The van der Waals surface area contributed by atoms with Crippen molar-refractivity contribution in [3.63, 3.8) is 0 Å². The zero-order valence-corrected chi connectivity index (χ0v) is 19.6. The van der Waals surface area contributed by atoms with Gasteiger partial charge in [0.1, 0.15) is 22.9 Å². The molecule has 33 heavy (non-hydrogen) atoms. The fourth-order valence-corrected chi connectivity index (χ4v) is 4.53. The van der Waals surface area contributed by atoms with Gasteiger partial charge in [-0.1, -0.05) is 12.1 Å². The summed E-state index contributed by atoms with van der Waals surface area (Å²) in [5.41, 5.74) is -0.621. The van der Waals surface area contributed by atoms with Crippen molar-refractivity contribution >= 4 is 27.5 Å². The van der Waals surface area contributed by atoms with Gasteiger partial charge >= 0.3 is 0 Å². The van der Waals surface area contributed by atoms with Crippen LogP contribution in [0.5, 0.6) is 11.5 Å². The molecule has 0 spiro atoms. The first-order valence-electron chi connectivity index (χ1n) is 10.0. The van der Waals surface area contributed by atoms with Gasteiger partial charge in [0.15, 0.2) is 0 Å². The molecular formula is C22H26FN3O6S. The normalized spacial score (nSPS) is 19.3. The first-order chi connectivity index (χ1) is 15.5. The number of hydrogen-bond acceptors (Lipinski definition) is 6. The maximum absolute atomic E-state index is 13.4. The van der Waals surface area contributed by atoms with E-state index < -0.39 is 39.7 Å². The van der Waals surface area contributed by atoms with E-state index in [0.717, 1.165) is 10.6 Å². The van der Waals surface area contributed by atoms with Crippen LogP contribution in [-0.4, -0.2) is 63.6 Å². The van der Waals surface area contributed by atoms with E-state index in [-0.39, 0.29) is 13.1 Å². The van der Waals surface area contributed by atoms with Gasteiger partial charge in [-0.2, -0.15) is 4.31 Å². The first kappa shape index (κ1) is 24.5. The minimum atomic E-state index is -3.75. The SMILES string of the molecule is COc1cc(OC)cc(N2C(=O)CN(S(C)(=O)=O)CC2(C)C(=O)NCc2ccc(F)cc2)c1. The van der Waals surface area contributed by atoms with Crippen molar-refractivity contribution in [3.8, 4) is 11.5 Å². The van der Waals surface area contributed by atoms with E-state index in [0.29, 0.717) is 22.7 Å². The maximum Gasteiger partial charge on any atom is 0.247 e. The number of ether oxygens (including phenoxy) is 2. The molecule has 1 heterocycles. The topological polar surface area (TPSA) is 105 Å². The number of piperazine rings is 1. The molecule has 2 aromatic rings. The monoisotopic (exact) mass is 479 g/mol. The number of sulfonamides is 1. The molecule has 0 aliphatic carbocycles. The lowest BCUT2D eigenvalue weighted by atomic mass is 9.94. The fourth-order valence-electron chi connectivity index (χ4n) is 3.70. The summed E-state index contributed by atoms with van der Waals surface area (Å²) in [5, 5.41) is 2.74. The molecule has 0 bridgehead atoms. The molecule has 2 aromatic carbocycles. The average molecular weight is 480 g/mol. The molecule has 0 saturated carbocycles. The predicted molar refractivity (Wildman–Crippen MR) is 120 cm³/mol. The quantitative estimate of drug-likeness (QED) is 0.646. The second-order valence-corrected chi connectivity index (χ2v) is 9.90. The number of nitrogens with one attached hydrogen (secondary N) is 1. The summed E-state index contributed by atoms with van der Waals surface area (Å²) in [7, 11) is -0.842. The van der Waals surface area contributed by atoms with E-state index in [1.807, 2.05) is 0 Å². The number of rotatable bonds is 7. The van der Waals surface area contributed by atoms with Gasteiger partial charge in [-0.25, -0.2) is 12.8 Å². The molecule has 1 atom stereocenters. The minimum absolute atomic E-state index is 0.0665. The molecule has 1 unspecified atom stereocenters. The highest BCUT2D eigenvalue weighted by Gasteiger charge is 2.50. The Hall–Kier alpha value is -3.18. The highest BCUT2D eigenvalue weighted by molar-refractivity contribution is 7.88. The average Bonchev–Trinajstić information content (AvgIpc) is 2.77. The van der Waals surface area contributed by atoms with Crippen molar-refractivity contribution in [2.24, 2.45) is 0 Å². The Bertz CT molecular complexity index is 1130. The highest BCUT2D eigenvalue weighted by Crippen LogP contribution is 2.35. The summed E-state index contributed by atoms with van der Waals surface area (Å²) in [6, 6.07) is 10.4. The summed E-state index contributed by atoms with van der Waals surface area (Å²) >= 11 is 0. The van der Waals surface area contributed by atoms with Crippen molar-refractivity contribution in [2.75, 3.05) is 38.5 Å².